The van der Waals surface area contributed by atoms with Gasteiger partial charge in [-0.3, -0.25) is 0 Å². The highest BCUT2D eigenvalue weighted by atomic mass is 16.3. The first-order valence-corrected chi connectivity index (χ1v) is 9.50. The van der Waals surface area contributed by atoms with E-state index in [1.807, 2.05) is 0 Å². The van der Waals surface area contributed by atoms with Crippen molar-refractivity contribution in [1.82, 2.24) is 0 Å². The number of aliphatic hydroxyl groups excluding tert-OH is 1. The summed E-state index contributed by atoms with van der Waals surface area (Å²) in [4.78, 5) is 0. The Kier molecular flexibility index (Phi) is 5.09. The Balaban J connectivity index is 1.54. The standard InChI is InChI=1S/C20H34O/c1-14-3-6-16(7-4-14)17-8-10-18(11-9-17)19-12-5-15(2)13-20(19)21/h10,14-17,19-21H,3-9,11-13H2,1-2H3. The first-order valence-electron chi connectivity index (χ1n) is 9.50. The summed E-state index contributed by atoms with van der Waals surface area (Å²) in [6.45, 7) is 4.70. The molecule has 0 radical (unpaired) electrons. The van der Waals surface area contributed by atoms with Gasteiger partial charge in [-0.05, 0) is 75.0 Å². The van der Waals surface area contributed by atoms with Gasteiger partial charge in [0.25, 0.3) is 0 Å². The first-order chi connectivity index (χ1) is 10.1. The van der Waals surface area contributed by atoms with E-state index >= 15 is 0 Å². The van der Waals surface area contributed by atoms with E-state index in [0.29, 0.717) is 5.92 Å². The third-order valence-electron chi connectivity index (χ3n) is 6.77. The van der Waals surface area contributed by atoms with Gasteiger partial charge in [0.2, 0.25) is 0 Å². The Morgan fingerprint density at radius 2 is 1.57 bits per heavy atom. The zero-order chi connectivity index (χ0) is 14.8. The van der Waals surface area contributed by atoms with E-state index in [9.17, 15) is 5.11 Å². The minimum Gasteiger partial charge on any atom is -0.392 e. The normalized spacial score (nSPS) is 45.2. The topological polar surface area (TPSA) is 20.2 Å². The molecule has 2 saturated carbocycles. The number of rotatable bonds is 2. The molecule has 0 aliphatic heterocycles. The van der Waals surface area contributed by atoms with Crippen molar-refractivity contribution in [1.29, 1.82) is 0 Å². The molecule has 120 valence electrons. The highest BCUT2D eigenvalue weighted by Gasteiger charge is 2.33. The van der Waals surface area contributed by atoms with Crippen LogP contribution < -0.4 is 0 Å². The van der Waals surface area contributed by atoms with Gasteiger partial charge in [-0.1, -0.05) is 38.3 Å². The molecule has 1 nitrogen and oxygen atoms in total. The number of hydrogen-bond donors (Lipinski definition) is 1. The summed E-state index contributed by atoms with van der Waals surface area (Å²) >= 11 is 0. The van der Waals surface area contributed by atoms with E-state index in [-0.39, 0.29) is 6.10 Å². The summed E-state index contributed by atoms with van der Waals surface area (Å²) in [5, 5.41) is 10.4. The van der Waals surface area contributed by atoms with E-state index in [1.54, 1.807) is 5.57 Å². The molecular weight excluding hydrogens is 256 g/mol. The molecule has 0 heterocycles. The number of aliphatic hydroxyl groups is 1. The molecule has 0 bridgehead atoms. The number of allylic oxidation sites excluding steroid dienone is 1. The highest BCUT2D eigenvalue weighted by molar-refractivity contribution is 5.14. The second-order valence-electron chi connectivity index (χ2n) is 8.43. The Hall–Kier alpha value is -0.300. The molecule has 0 aromatic rings. The molecule has 1 heteroatoms. The summed E-state index contributed by atoms with van der Waals surface area (Å²) in [5.41, 5.74) is 1.61. The van der Waals surface area contributed by atoms with Crippen molar-refractivity contribution in [2.75, 3.05) is 0 Å². The monoisotopic (exact) mass is 290 g/mol. The maximum absolute atomic E-state index is 10.4. The van der Waals surface area contributed by atoms with Gasteiger partial charge < -0.3 is 5.11 Å². The maximum Gasteiger partial charge on any atom is 0.0608 e. The van der Waals surface area contributed by atoms with Gasteiger partial charge in [0, 0.05) is 5.92 Å². The molecule has 21 heavy (non-hydrogen) atoms. The van der Waals surface area contributed by atoms with Crippen LogP contribution in [0.2, 0.25) is 0 Å². The second kappa shape index (κ2) is 6.86. The molecule has 0 aromatic heterocycles. The predicted octanol–water partition coefficient (Wildman–Crippen LogP) is 5.34. The van der Waals surface area contributed by atoms with Crippen molar-refractivity contribution in [2.45, 2.75) is 84.2 Å². The lowest BCUT2D eigenvalue weighted by Gasteiger charge is -2.38. The van der Waals surface area contributed by atoms with Gasteiger partial charge in [-0.25, -0.2) is 0 Å². The molecule has 3 aliphatic rings. The van der Waals surface area contributed by atoms with E-state index in [2.05, 4.69) is 19.9 Å². The molecule has 3 aliphatic carbocycles. The van der Waals surface area contributed by atoms with Gasteiger partial charge in [-0.2, -0.15) is 0 Å². The van der Waals surface area contributed by atoms with Crippen LogP contribution in [0.3, 0.4) is 0 Å². The lowest BCUT2D eigenvalue weighted by Crippen LogP contribution is -2.31. The smallest absolute Gasteiger partial charge is 0.0608 e. The van der Waals surface area contributed by atoms with Crippen molar-refractivity contribution in [2.24, 2.45) is 29.6 Å². The molecule has 4 atom stereocenters. The van der Waals surface area contributed by atoms with Crippen LogP contribution >= 0.6 is 0 Å². The molecule has 0 spiro atoms. The van der Waals surface area contributed by atoms with Crippen LogP contribution in [-0.4, -0.2) is 11.2 Å². The fourth-order valence-electron chi connectivity index (χ4n) is 5.18. The van der Waals surface area contributed by atoms with Crippen molar-refractivity contribution < 1.29 is 5.11 Å². The fourth-order valence-corrected chi connectivity index (χ4v) is 5.18. The summed E-state index contributed by atoms with van der Waals surface area (Å²) < 4.78 is 0. The summed E-state index contributed by atoms with van der Waals surface area (Å²) in [5.74, 6) is 4.12. The Labute approximate surface area is 131 Å². The Morgan fingerprint density at radius 1 is 0.857 bits per heavy atom. The van der Waals surface area contributed by atoms with Crippen molar-refractivity contribution >= 4 is 0 Å². The summed E-state index contributed by atoms with van der Waals surface area (Å²) in [6.07, 6.45) is 15.8. The molecule has 3 rings (SSSR count). The van der Waals surface area contributed by atoms with Crippen LogP contribution in [0.25, 0.3) is 0 Å². The maximum atomic E-state index is 10.4. The van der Waals surface area contributed by atoms with E-state index in [0.717, 1.165) is 30.1 Å². The van der Waals surface area contributed by atoms with Gasteiger partial charge in [0.05, 0.1) is 6.10 Å². The quantitative estimate of drug-likeness (QED) is 0.681. The van der Waals surface area contributed by atoms with Gasteiger partial charge in [0.15, 0.2) is 0 Å². The molecule has 0 aromatic carbocycles. The molecular formula is C20H34O. The zero-order valence-electron chi connectivity index (χ0n) is 14.1. The lowest BCUT2D eigenvalue weighted by molar-refractivity contribution is 0.0617. The fraction of sp³-hybridized carbons (Fsp3) is 0.900. The minimum absolute atomic E-state index is 0.0629. The third kappa shape index (κ3) is 3.73. The third-order valence-corrected chi connectivity index (χ3v) is 6.77. The molecule has 0 amide bonds. The van der Waals surface area contributed by atoms with Gasteiger partial charge in [-0.15, -0.1) is 0 Å². The van der Waals surface area contributed by atoms with E-state index < -0.39 is 0 Å². The molecule has 4 unspecified atom stereocenters. The van der Waals surface area contributed by atoms with Crippen molar-refractivity contribution in [3.8, 4) is 0 Å². The predicted molar refractivity (Wildman–Crippen MR) is 89.1 cm³/mol. The van der Waals surface area contributed by atoms with Crippen molar-refractivity contribution in [3.63, 3.8) is 0 Å². The Bertz CT molecular complexity index is 364. The SMILES string of the molecule is CC1CCC(C2CC=C(C3CCC(C)CC3O)CC2)CC1. The zero-order valence-corrected chi connectivity index (χ0v) is 14.1. The minimum atomic E-state index is -0.0629. The Morgan fingerprint density at radius 3 is 2.19 bits per heavy atom. The van der Waals surface area contributed by atoms with Crippen LogP contribution in [0.1, 0.15) is 78.1 Å². The molecule has 2 fully saturated rings. The van der Waals surface area contributed by atoms with Gasteiger partial charge in [0.1, 0.15) is 0 Å². The summed E-state index contributed by atoms with van der Waals surface area (Å²) in [7, 11) is 0. The van der Waals surface area contributed by atoms with E-state index in [4.69, 9.17) is 0 Å². The second-order valence-corrected chi connectivity index (χ2v) is 8.43. The lowest BCUT2D eigenvalue weighted by atomic mass is 9.68. The summed E-state index contributed by atoms with van der Waals surface area (Å²) in [6, 6.07) is 0. The van der Waals surface area contributed by atoms with Crippen LogP contribution in [0.4, 0.5) is 0 Å². The van der Waals surface area contributed by atoms with E-state index in [1.165, 1.54) is 57.8 Å². The van der Waals surface area contributed by atoms with Crippen LogP contribution in [0, 0.1) is 29.6 Å². The average molecular weight is 290 g/mol. The molecule has 0 saturated heterocycles. The van der Waals surface area contributed by atoms with Crippen LogP contribution in [0.5, 0.6) is 0 Å². The van der Waals surface area contributed by atoms with Crippen LogP contribution in [-0.2, 0) is 0 Å². The molecule has 1 N–H and O–H groups in total. The van der Waals surface area contributed by atoms with Crippen LogP contribution in [0.15, 0.2) is 11.6 Å². The highest BCUT2D eigenvalue weighted by Crippen LogP contribution is 2.43. The average Bonchev–Trinajstić information content (AvgIpc) is 2.48. The van der Waals surface area contributed by atoms with Gasteiger partial charge >= 0.3 is 0 Å². The largest absolute Gasteiger partial charge is 0.392 e. The number of hydrogen-bond acceptors (Lipinski definition) is 1. The first kappa shape index (κ1) is 15.6. The van der Waals surface area contributed by atoms with Crippen molar-refractivity contribution in [3.05, 3.63) is 11.6 Å².